The number of rotatable bonds is 6. The fraction of sp³-hybridized carbons (Fsp3) is 0.261. The van der Waals surface area contributed by atoms with Gasteiger partial charge in [-0.3, -0.25) is 4.79 Å². The van der Waals surface area contributed by atoms with Crippen molar-refractivity contribution in [2.24, 2.45) is 0 Å². The minimum atomic E-state index is -0.116. The zero-order valence-electron chi connectivity index (χ0n) is 15.6. The predicted octanol–water partition coefficient (Wildman–Crippen LogP) is 4.97. The molecule has 0 saturated carbocycles. The van der Waals surface area contributed by atoms with Gasteiger partial charge in [-0.25, -0.2) is 0 Å². The second kappa shape index (κ2) is 8.05. The maximum Gasteiger partial charge on any atom is 0.258 e. The summed E-state index contributed by atoms with van der Waals surface area (Å²) in [5.41, 5.74) is 3.33. The summed E-state index contributed by atoms with van der Waals surface area (Å²) in [4.78, 5) is 12.2. The van der Waals surface area contributed by atoms with Crippen LogP contribution >= 0.6 is 0 Å². The van der Waals surface area contributed by atoms with Gasteiger partial charge in [0.05, 0.1) is 0 Å². The van der Waals surface area contributed by atoms with Crippen molar-refractivity contribution >= 4 is 16.7 Å². The third-order valence-corrected chi connectivity index (χ3v) is 4.45. The first-order chi connectivity index (χ1) is 12.5. The molecule has 134 valence electrons. The Labute approximate surface area is 155 Å². The molecule has 0 atom stereocenters. The van der Waals surface area contributed by atoms with Gasteiger partial charge in [0, 0.05) is 6.54 Å². The lowest BCUT2D eigenvalue weighted by atomic mass is 10.0. The molecule has 3 aromatic carbocycles. The highest BCUT2D eigenvalue weighted by Gasteiger charge is 2.10. The molecule has 1 N–H and O–H groups in total. The first kappa shape index (κ1) is 18.0. The van der Waals surface area contributed by atoms with Crippen LogP contribution in [0.25, 0.3) is 10.8 Å². The van der Waals surface area contributed by atoms with E-state index < -0.39 is 0 Å². The average molecular weight is 347 g/mol. The smallest absolute Gasteiger partial charge is 0.258 e. The topological polar surface area (TPSA) is 38.3 Å². The van der Waals surface area contributed by atoms with Crippen molar-refractivity contribution in [1.29, 1.82) is 0 Å². The Kier molecular flexibility index (Phi) is 5.57. The Hall–Kier alpha value is -2.81. The number of aryl methyl sites for hydroxylation is 1. The number of hydrogen-bond acceptors (Lipinski definition) is 2. The summed E-state index contributed by atoms with van der Waals surface area (Å²) < 4.78 is 5.79. The van der Waals surface area contributed by atoms with Crippen LogP contribution in [0.15, 0.2) is 60.7 Å². The molecule has 0 aliphatic carbocycles. The van der Waals surface area contributed by atoms with Crippen LogP contribution in [0, 0.1) is 6.92 Å². The van der Waals surface area contributed by atoms with Gasteiger partial charge >= 0.3 is 0 Å². The second-order valence-electron chi connectivity index (χ2n) is 6.94. The van der Waals surface area contributed by atoms with Gasteiger partial charge in [-0.1, -0.05) is 62.4 Å². The van der Waals surface area contributed by atoms with E-state index in [1.807, 2.05) is 31.2 Å². The molecular weight excluding hydrogens is 322 g/mol. The SMILES string of the molecule is Cc1ccc(C(C)C)c(OCC(=O)NCc2ccc3ccccc3c2)c1. The van der Waals surface area contributed by atoms with Crippen LogP contribution in [0.5, 0.6) is 5.75 Å². The van der Waals surface area contributed by atoms with E-state index in [9.17, 15) is 4.79 Å². The van der Waals surface area contributed by atoms with Gasteiger partial charge in [0.25, 0.3) is 5.91 Å². The van der Waals surface area contributed by atoms with Crippen molar-refractivity contribution in [2.45, 2.75) is 33.2 Å². The average Bonchev–Trinajstić information content (AvgIpc) is 2.64. The van der Waals surface area contributed by atoms with Crippen molar-refractivity contribution < 1.29 is 9.53 Å². The number of nitrogens with one attached hydrogen (secondary N) is 1. The molecule has 0 saturated heterocycles. The zero-order chi connectivity index (χ0) is 18.5. The Morgan fingerprint density at radius 3 is 2.54 bits per heavy atom. The number of fused-ring (bicyclic) bond motifs is 1. The molecular formula is C23H25NO2. The van der Waals surface area contributed by atoms with Crippen LogP contribution in [0.3, 0.4) is 0 Å². The molecule has 0 fully saturated rings. The molecule has 0 unspecified atom stereocenters. The van der Waals surface area contributed by atoms with Gasteiger partial charge in [0.1, 0.15) is 5.75 Å². The molecule has 3 heteroatoms. The van der Waals surface area contributed by atoms with E-state index in [1.54, 1.807) is 0 Å². The van der Waals surface area contributed by atoms with Crippen LogP contribution < -0.4 is 10.1 Å². The maximum atomic E-state index is 12.2. The summed E-state index contributed by atoms with van der Waals surface area (Å²) >= 11 is 0. The normalized spacial score (nSPS) is 10.9. The van der Waals surface area contributed by atoms with Crippen molar-refractivity contribution in [3.8, 4) is 5.75 Å². The minimum absolute atomic E-state index is 0.0246. The van der Waals surface area contributed by atoms with E-state index in [-0.39, 0.29) is 12.5 Å². The van der Waals surface area contributed by atoms with Crippen molar-refractivity contribution in [2.75, 3.05) is 6.61 Å². The predicted molar refractivity (Wildman–Crippen MR) is 107 cm³/mol. The minimum Gasteiger partial charge on any atom is -0.483 e. The fourth-order valence-corrected chi connectivity index (χ4v) is 2.99. The van der Waals surface area contributed by atoms with Gasteiger partial charge in [0.2, 0.25) is 0 Å². The molecule has 0 radical (unpaired) electrons. The van der Waals surface area contributed by atoms with E-state index in [0.717, 1.165) is 22.4 Å². The molecule has 0 aromatic heterocycles. The van der Waals surface area contributed by atoms with Crippen LogP contribution in [0.2, 0.25) is 0 Å². The largest absolute Gasteiger partial charge is 0.483 e. The Bertz CT molecular complexity index is 915. The zero-order valence-corrected chi connectivity index (χ0v) is 15.6. The van der Waals surface area contributed by atoms with E-state index in [2.05, 4.69) is 55.6 Å². The summed E-state index contributed by atoms with van der Waals surface area (Å²) in [5, 5.41) is 5.31. The number of ether oxygens (including phenoxy) is 1. The van der Waals surface area contributed by atoms with E-state index in [0.29, 0.717) is 12.5 Å². The molecule has 1 amide bonds. The van der Waals surface area contributed by atoms with Gasteiger partial charge < -0.3 is 10.1 Å². The lowest BCUT2D eigenvalue weighted by molar-refractivity contribution is -0.123. The van der Waals surface area contributed by atoms with Crippen LogP contribution in [0.1, 0.15) is 36.5 Å². The van der Waals surface area contributed by atoms with Crippen molar-refractivity contribution in [3.63, 3.8) is 0 Å². The van der Waals surface area contributed by atoms with Gasteiger partial charge in [-0.2, -0.15) is 0 Å². The fourth-order valence-electron chi connectivity index (χ4n) is 2.99. The Morgan fingerprint density at radius 2 is 1.77 bits per heavy atom. The number of amides is 1. The molecule has 3 aromatic rings. The third kappa shape index (κ3) is 4.42. The number of hydrogen-bond donors (Lipinski definition) is 1. The molecule has 0 bridgehead atoms. The highest BCUT2D eigenvalue weighted by atomic mass is 16.5. The Balaban J connectivity index is 1.58. The summed E-state index contributed by atoms with van der Waals surface area (Å²) in [5.74, 6) is 1.03. The molecule has 0 aliphatic rings. The van der Waals surface area contributed by atoms with Gasteiger partial charge in [-0.05, 0) is 52.4 Å². The van der Waals surface area contributed by atoms with E-state index in [4.69, 9.17) is 4.74 Å². The Morgan fingerprint density at radius 1 is 1.00 bits per heavy atom. The maximum absolute atomic E-state index is 12.2. The van der Waals surface area contributed by atoms with Crippen LogP contribution in [-0.2, 0) is 11.3 Å². The lowest BCUT2D eigenvalue weighted by Gasteiger charge is -2.15. The summed E-state index contributed by atoms with van der Waals surface area (Å²) in [6.07, 6.45) is 0. The van der Waals surface area contributed by atoms with E-state index in [1.165, 1.54) is 10.8 Å². The molecule has 3 rings (SSSR count). The standard InChI is InChI=1S/C23H25NO2/c1-16(2)21-11-8-17(3)12-22(21)26-15-23(25)24-14-18-9-10-19-6-4-5-7-20(19)13-18/h4-13,16H,14-15H2,1-3H3,(H,24,25). The lowest BCUT2D eigenvalue weighted by Crippen LogP contribution is -2.28. The van der Waals surface area contributed by atoms with Crippen LogP contribution in [-0.4, -0.2) is 12.5 Å². The molecule has 0 aliphatic heterocycles. The van der Waals surface area contributed by atoms with Gasteiger partial charge in [0.15, 0.2) is 6.61 Å². The first-order valence-electron chi connectivity index (χ1n) is 9.00. The summed E-state index contributed by atoms with van der Waals surface area (Å²) in [7, 11) is 0. The van der Waals surface area contributed by atoms with Crippen molar-refractivity contribution in [1.82, 2.24) is 5.32 Å². The summed E-state index contributed by atoms with van der Waals surface area (Å²) in [6, 6.07) is 20.6. The van der Waals surface area contributed by atoms with Crippen LogP contribution in [0.4, 0.5) is 0 Å². The molecule has 3 nitrogen and oxygen atoms in total. The van der Waals surface area contributed by atoms with E-state index >= 15 is 0 Å². The van der Waals surface area contributed by atoms with Crippen molar-refractivity contribution in [3.05, 3.63) is 77.4 Å². The highest BCUT2D eigenvalue weighted by Crippen LogP contribution is 2.27. The second-order valence-corrected chi connectivity index (χ2v) is 6.94. The number of carbonyl (C=O) groups is 1. The third-order valence-electron chi connectivity index (χ3n) is 4.45. The first-order valence-corrected chi connectivity index (χ1v) is 9.00. The summed E-state index contributed by atoms with van der Waals surface area (Å²) in [6.45, 7) is 6.79. The van der Waals surface area contributed by atoms with Gasteiger partial charge in [-0.15, -0.1) is 0 Å². The number of benzene rings is 3. The quantitative estimate of drug-likeness (QED) is 0.684. The monoisotopic (exact) mass is 347 g/mol. The molecule has 0 spiro atoms. The highest BCUT2D eigenvalue weighted by molar-refractivity contribution is 5.83. The molecule has 0 heterocycles. The number of carbonyl (C=O) groups excluding carboxylic acids is 1. The molecule has 26 heavy (non-hydrogen) atoms.